The average molecular weight is 310 g/mol. The highest BCUT2D eigenvalue weighted by Crippen LogP contribution is 2.13. The molecule has 0 aromatic heterocycles. The molecule has 2 amide bonds. The van der Waals surface area contributed by atoms with Crippen LogP contribution in [0.2, 0.25) is 0 Å². The van der Waals surface area contributed by atoms with Gasteiger partial charge in [0, 0.05) is 29.9 Å². The molecule has 0 bridgehead atoms. The molecule has 0 saturated heterocycles. The second kappa shape index (κ2) is 7.58. The summed E-state index contributed by atoms with van der Waals surface area (Å²) in [5.41, 5.74) is 2.83. The molecule has 0 atom stereocenters. The third-order valence-corrected chi connectivity index (χ3v) is 3.70. The summed E-state index contributed by atoms with van der Waals surface area (Å²) in [6.45, 7) is 7.15. The number of rotatable bonds is 5. The lowest BCUT2D eigenvalue weighted by Gasteiger charge is -2.18. The summed E-state index contributed by atoms with van der Waals surface area (Å²) in [5, 5.41) is 2.86. The van der Waals surface area contributed by atoms with Crippen LogP contribution in [0.4, 0.5) is 5.69 Å². The molecule has 0 saturated carbocycles. The Balaban J connectivity index is 2.19. The Labute approximate surface area is 137 Å². The van der Waals surface area contributed by atoms with Crippen LogP contribution >= 0.6 is 0 Å². The van der Waals surface area contributed by atoms with E-state index in [-0.39, 0.29) is 11.8 Å². The summed E-state index contributed by atoms with van der Waals surface area (Å²) in [5.74, 6) is -0.273. The Morgan fingerprint density at radius 2 is 1.61 bits per heavy atom. The molecular formula is C19H22N2O2. The number of amides is 2. The summed E-state index contributed by atoms with van der Waals surface area (Å²) >= 11 is 0. The van der Waals surface area contributed by atoms with Crippen molar-refractivity contribution in [2.75, 3.05) is 18.4 Å². The maximum Gasteiger partial charge on any atom is 0.255 e. The van der Waals surface area contributed by atoms with Crippen molar-refractivity contribution in [3.8, 4) is 0 Å². The lowest BCUT2D eigenvalue weighted by molar-refractivity contribution is 0.0773. The number of hydrogen-bond acceptors (Lipinski definition) is 2. The van der Waals surface area contributed by atoms with Gasteiger partial charge in [0.2, 0.25) is 0 Å². The molecular weight excluding hydrogens is 288 g/mol. The van der Waals surface area contributed by atoms with Gasteiger partial charge in [-0.15, -0.1) is 0 Å². The van der Waals surface area contributed by atoms with Crippen LogP contribution in [0.15, 0.2) is 48.5 Å². The number of nitrogens with zero attached hydrogens (tertiary/aromatic N) is 1. The van der Waals surface area contributed by atoms with Gasteiger partial charge in [-0.1, -0.05) is 18.2 Å². The lowest BCUT2D eigenvalue weighted by atomic mass is 10.1. The highest BCUT2D eigenvalue weighted by Gasteiger charge is 2.14. The number of anilines is 1. The molecule has 23 heavy (non-hydrogen) atoms. The minimum Gasteiger partial charge on any atom is -0.339 e. The minimum atomic E-state index is -0.218. The van der Waals surface area contributed by atoms with Gasteiger partial charge in [0.15, 0.2) is 0 Å². The normalized spacial score (nSPS) is 10.2. The van der Waals surface area contributed by atoms with E-state index < -0.39 is 0 Å². The van der Waals surface area contributed by atoms with Crippen LogP contribution in [-0.4, -0.2) is 29.8 Å². The molecule has 0 heterocycles. The topological polar surface area (TPSA) is 49.4 Å². The van der Waals surface area contributed by atoms with Crippen LogP contribution in [0.25, 0.3) is 0 Å². The molecule has 4 nitrogen and oxygen atoms in total. The monoisotopic (exact) mass is 310 g/mol. The Morgan fingerprint density at radius 3 is 2.26 bits per heavy atom. The van der Waals surface area contributed by atoms with Crippen molar-refractivity contribution in [2.45, 2.75) is 20.8 Å². The van der Waals surface area contributed by atoms with Gasteiger partial charge < -0.3 is 10.2 Å². The Kier molecular flexibility index (Phi) is 5.52. The average Bonchev–Trinajstić information content (AvgIpc) is 2.56. The maximum atomic E-state index is 12.4. The number of carbonyl (C=O) groups is 2. The first-order valence-corrected chi connectivity index (χ1v) is 7.82. The zero-order valence-corrected chi connectivity index (χ0v) is 13.8. The molecule has 0 spiro atoms. The number of nitrogens with one attached hydrogen (secondary N) is 1. The molecule has 4 heteroatoms. The van der Waals surface area contributed by atoms with Gasteiger partial charge in [0.1, 0.15) is 0 Å². The van der Waals surface area contributed by atoms with Gasteiger partial charge in [-0.25, -0.2) is 0 Å². The van der Waals surface area contributed by atoms with Crippen molar-refractivity contribution < 1.29 is 9.59 Å². The summed E-state index contributed by atoms with van der Waals surface area (Å²) < 4.78 is 0. The van der Waals surface area contributed by atoms with Crippen molar-refractivity contribution in [2.24, 2.45) is 0 Å². The van der Waals surface area contributed by atoms with E-state index in [0.29, 0.717) is 24.2 Å². The number of carbonyl (C=O) groups excluding carboxylic acids is 2. The van der Waals surface area contributed by atoms with E-state index in [0.717, 1.165) is 11.3 Å². The highest BCUT2D eigenvalue weighted by atomic mass is 16.2. The third-order valence-electron chi connectivity index (χ3n) is 3.70. The van der Waals surface area contributed by atoms with E-state index in [9.17, 15) is 9.59 Å². The van der Waals surface area contributed by atoms with Crippen molar-refractivity contribution in [1.29, 1.82) is 0 Å². The predicted molar refractivity (Wildman–Crippen MR) is 92.8 cm³/mol. The predicted octanol–water partition coefficient (Wildman–Crippen LogP) is 3.73. The summed E-state index contributed by atoms with van der Waals surface area (Å²) in [6.07, 6.45) is 0. The number of aryl methyl sites for hydroxylation is 1. The van der Waals surface area contributed by atoms with E-state index in [4.69, 9.17) is 0 Å². The zero-order chi connectivity index (χ0) is 16.8. The fraction of sp³-hybridized carbons (Fsp3) is 0.263. The summed E-state index contributed by atoms with van der Waals surface area (Å²) in [4.78, 5) is 26.5. The van der Waals surface area contributed by atoms with Gasteiger partial charge in [-0.2, -0.15) is 0 Å². The molecule has 0 fully saturated rings. The standard InChI is InChI=1S/C19H22N2O2/c1-4-21(5-2)19(23)16-10-7-9-15(13-16)18(22)20-17-11-6-8-14(3)12-17/h6-13H,4-5H2,1-3H3,(H,20,22). The van der Waals surface area contributed by atoms with Crippen LogP contribution in [-0.2, 0) is 0 Å². The molecule has 120 valence electrons. The smallest absolute Gasteiger partial charge is 0.255 e. The molecule has 1 N–H and O–H groups in total. The molecule has 0 aliphatic carbocycles. The minimum absolute atomic E-state index is 0.0554. The van der Waals surface area contributed by atoms with Gasteiger partial charge in [-0.3, -0.25) is 9.59 Å². The second-order valence-electron chi connectivity index (χ2n) is 5.38. The van der Waals surface area contributed by atoms with Crippen molar-refractivity contribution in [1.82, 2.24) is 4.90 Å². The van der Waals surface area contributed by atoms with Gasteiger partial charge in [-0.05, 0) is 56.7 Å². The molecule has 0 aliphatic rings. The van der Waals surface area contributed by atoms with Crippen LogP contribution in [0.1, 0.15) is 40.1 Å². The quantitative estimate of drug-likeness (QED) is 0.915. The van der Waals surface area contributed by atoms with Gasteiger partial charge in [0.05, 0.1) is 0 Å². The molecule has 0 radical (unpaired) electrons. The highest BCUT2D eigenvalue weighted by molar-refractivity contribution is 6.06. The fourth-order valence-corrected chi connectivity index (χ4v) is 2.41. The van der Waals surface area contributed by atoms with E-state index in [1.165, 1.54) is 0 Å². The van der Waals surface area contributed by atoms with Crippen molar-refractivity contribution in [3.63, 3.8) is 0 Å². The van der Waals surface area contributed by atoms with E-state index in [2.05, 4.69) is 5.32 Å². The van der Waals surface area contributed by atoms with Crippen LogP contribution < -0.4 is 5.32 Å². The first-order chi connectivity index (χ1) is 11.0. The van der Waals surface area contributed by atoms with E-state index in [1.54, 1.807) is 29.2 Å². The first-order valence-electron chi connectivity index (χ1n) is 7.82. The van der Waals surface area contributed by atoms with Crippen LogP contribution in [0, 0.1) is 6.92 Å². The molecule has 2 rings (SSSR count). The molecule has 2 aromatic carbocycles. The SMILES string of the molecule is CCN(CC)C(=O)c1cccc(C(=O)Nc2cccc(C)c2)c1. The Morgan fingerprint density at radius 1 is 0.957 bits per heavy atom. The molecule has 0 aliphatic heterocycles. The Hall–Kier alpha value is -2.62. The van der Waals surface area contributed by atoms with Gasteiger partial charge in [0.25, 0.3) is 11.8 Å². The Bertz CT molecular complexity index is 706. The van der Waals surface area contributed by atoms with Crippen LogP contribution in [0.3, 0.4) is 0 Å². The first kappa shape index (κ1) is 16.7. The van der Waals surface area contributed by atoms with Gasteiger partial charge >= 0.3 is 0 Å². The third kappa shape index (κ3) is 4.19. The van der Waals surface area contributed by atoms with E-state index in [1.807, 2.05) is 45.0 Å². The maximum absolute atomic E-state index is 12.4. The second-order valence-corrected chi connectivity index (χ2v) is 5.38. The van der Waals surface area contributed by atoms with E-state index >= 15 is 0 Å². The lowest BCUT2D eigenvalue weighted by Crippen LogP contribution is -2.30. The largest absolute Gasteiger partial charge is 0.339 e. The van der Waals surface area contributed by atoms with Crippen molar-refractivity contribution >= 4 is 17.5 Å². The van der Waals surface area contributed by atoms with Crippen molar-refractivity contribution in [3.05, 3.63) is 65.2 Å². The molecule has 2 aromatic rings. The zero-order valence-electron chi connectivity index (χ0n) is 13.8. The molecule has 0 unspecified atom stereocenters. The summed E-state index contributed by atoms with van der Waals surface area (Å²) in [6, 6.07) is 14.4. The van der Waals surface area contributed by atoms with Crippen LogP contribution in [0.5, 0.6) is 0 Å². The fourth-order valence-electron chi connectivity index (χ4n) is 2.41. The number of benzene rings is 2. The number of hydrogen-bond donors (Lipinski definition) is 1. The summed E-state index contributed by atoms with van der Waals surface area (Å²) in [7, 11) is 0.